The van der Waals surface area contributed by atoms with Gasteiger partial charge in [0.05, 0.1) is 0 Å². The van der Waals surface area contributed by atoms with Crippen molar-refractivity contribution in [1.29, 1.82) is 0 Å². The van der Waals surface area contributed by atoms with E-state index in [1.54, 1.807) is 0 Å². The molecule has 0 unspecified atom stereocenters. The van der Waals surface area contributed by atoms with E-state index in [0.29, 0.717) is 34.5 Å². The van der Waals surface area contributed by atoms with Crippen LogP contribution in [0, 0.1) is 51.2 Å². The quantitative estimate of drug-likeness (QED) is 0.354. The monoisotopic (exact) mass is 454 g/mol. The Bertz CT molecular complexity index is 825. The smallest absolute Gasteiger partial charge is 0.303 e. The fourth-order valence-electron chi connectivity index (χ4n) is 10.2. The van der Waals surface area contributed by atoms with Gasteiger partial charge in [-0.3, -0.25) is 4.79 Å². The van der Waals surface area contributed by atoms with Gasteiger partial charge in [-0.25, -0.2) is 0 Å². The fourth-order valence-corrected chi connectivity index (χ4v) is 10.2. The number of fused-ring (bicyclic) bond motifs is 2. The van der Waals surface area contributed by atoms with Crippen molar-refractivity contribution in [2.75, 3.05) is 0 Å². The highest BCUT2D eigenvalue weighted by atomic mass is 16.4. The summed E-state index contributed by atoms with van der Waals surface area (Å²) in [5, 5.41) is 9.53. The molecule has 0 heterocycles. The zero-order valence-electron chi connectivity index (χ0n) is 22.4. The molecule has 0 saturated heterocycles. The molecule has 0 radical (unpaired) electrons. The second-order valence-corrected chi connectivity index (χ2v) is 13.7. The van der Waals surface area contributed by atoms with E-state index in [1.807, 2.05) is 0 Å². The van der Waals surface area contributed by atoms with E-state index in [0.717, 1.165) is 24.2 Å². The van der Waals surface area contributed by atoms with Crippen molar-refractivity contribution < 1.29 is 9.90 Å². The van der Waals surface area contributed by atoms with Gasteiger partial charge in [-0.1, -0.05) is 58.9 Å². The predicted octanol–water partition coefficient (Wildman–Crippen LogP) is 8.67. The summed E-state index contributed by atoms with van der Waals surface area (Å²) >= 11 is 0. The highest BCUT2D eigenvalue weighted by Crippen LogP contribution is 2.87. The lowest BCUT2D eigenvalue weighted by Crippen LogP contribution is -2.54. The molecule has 1 N–H and O–H groups in total. The molecule has 0 aliphatic heterocycles. The number of hydrogen-bond acceptors (Lipinski definition) is 1. The number of carboxylic acids is 1. The molecule has 8 atom stereocenters. The molecule has 0 bridgehead atoms. The first-order chi connectivity index (χ1) is 15.3. The normalized spacial score (nSPS) is 44.5. The molecule has 4 rings (SSSR count). The lowest BCUT2D eigenvalue weighted by molar-refractivity contribution is -0.139. The molecule has 4 saturated carbocycles. The van der Waals surface area contributed by atoms with Crippen LogP contribution in [0.25, 0.3) is 0 Å². The first-order valence-electron chi connectivity index (χ1n) is 13.9. The Labute approximate surface area is 203 Å². The third-order valence-electron chi connectivity index (χ3n) is 12.3. The van der Waals surface area contributed by atoms with E-state index >= 15 is 0 Å². The number of carboxylic acid groups (broad SMARTS) is 1. The minimum Gasteiger partial charge on any atom is -0.481 e. The second-order valence-electron chi connectivity index (χ2n) is 13.7. The molecule has 2 nitrogen and oxygen atoms in total. The van der Waals surface area contributed by atoms with Gasteiger partial charge in [0.25, 0.3) is 0 Å². The molecule has 0 aromatic carbocycles. The molecule has 186 valence electrons. The van der Waals surface area contributed by atoms with E-state index < -0.39 is 5.97 Å². The molecular weight excluding hydrogens is 404 g/mol. The predicted molar refractivity (Wildman–Crippen MR) is 138 cm³/mol. The molecule has 33 heavy (non-hydrogen) atoms. The fraction of sp³-hybridized carbons (Fsp3) is 0.839. The number of aliphatic carboxylic acids is 1. The summed E-state index contributed by atoms with van der Waals surface area (Å²) in [4.78, 5) is 11.6. The van der Waals surface area contributed by atoms with Crippen LogP contribution in [0.15, 0.2) is 24.3 Å². The van der Waals surface area contributed by atoms with E-state index in [4.69, 9.17) is 0 Å². The molecule has 4 fully saturated rings. The van der Waals surface area contributed by atoms with Gasteiger partial charge in [0.2, 0.25) is 0 Å². The van der Waals surface area contributed by atoms with Crippen LogP contribution in [-0.4, -0.2) is 11.1 Å². The molecule has 0 amide bonds. The van der Waals surface area contributed by atoms with E-state index in [1.165, 1.54) is 68.9 Å². The minimum atomic E-state index is -0.626. The lowest BCUT2D eigenvalue weighted by atomic mass is 9.43. The van der Waals surface area contributed by atoms with Crippen LogP contribution in [0.3, 0.4) is 0 Å². The maximum Gasteiger partial charge on any atom is 0.303 e. The third-order valence-corrected chi connectivity index (χ3v) is 12.3. The SMILES string of the molecule is C=C(CC[C@@H](C)[C@H]1CC[C@@]2(C)[C@@H]3CC[C@@H](C(=C)C)[C@@]4(CCC(=O)O)C[C@@]34CC[C@]12C)C(C)C. The van der Waals surface area contributed by atoms with Gasteiger partial charge >= 0.3 is 5.97 Å². The minimum absolute atomic E-state index is 0.211. The first-order valence-corrected chi connectivity index (χ1v) is 13.9. The molecule has 2 heteroatoms. The van der Waals surface area contributed by atoms with Gasteiger partial charge < -0.3 is 5.11 Å². The van der Waals surface area contributed by atoms with Crippen LogP contribution < -0.4 is 0 Å². The highest BCUT2D eigenvalue weighted by Gasteiger charge is 2.80. The average molecular weight is 455 g/mol. The van der Waals surface area contributed by atoms with Crippen molar-refractivity contribution in [1.82, 2.24) is 0 Å². The zero-order valence-corrected chi connectivity index (χ0v) is 22.4. The summed E-state index contributed by atoms with van der Waals surface area (Å²) in [6.45, 7) is 23.3. The molecule has 0 aromatic heterocycles. The van der Waals surface area contributed by atoms with Crippen molar-refractivity contribution in [3.8, 4) is 0 Å². The number of hydrogen-bond donors (Lipinski definition) is 1. The second kappa shape index (κ2) is 8.27. The Morgan fingerprint density at radius 1 is 1.00 bits per heavy atom. The van der Waals surface area contributed by atoms with Crippen molar-refractivity contribution >= 4 is 5.97 Å². The van der Waals surface area contributed by atoms with Crippen LogP contribution >= 0.6 is 0 Å². The summed E-state index contributed by atoms with van der Waals surface area (Å²) in [5.41, 5.74) is 4.11. The van der Waals surface area contributed by atoms with Crippen LogP contribution in [-0.2, 0) is 4.79 Å². The maximum absolute atomic E-state index is 11.6. The number of rotatable bonds is 9. The third kappa shape index (κ3) is 3.51. The average Bonchev–Trinajstić information content (AvgIpc) is 3.33. The summed E-state index contributed by atoms with van der Waals surface area (Å²) in [5.74, 6) is 2.82. The van der Waals surface area contributed by atoms with E-state index in [9.17, 15) is 9.90 Å². The van der Waals surface area contributed by atoms with Crippen LogP contribution in [0.4, 0.5) is 0 Å². The largest absolute Gasteiger partial charge is 0.481 e. The van der Waals surface area contributed by atoms with Gasteiger partial charge in [0.15, 0.2) is 0 Å². The Morgan fingerprint density at radius 2 is 1.70 bits per heavy atom. The molecule has 4 aliphatic rings. The Balaban J connectivity index is 1.58. The first kappa shape index (κ1) is 25.1. The number of allylic oxidation sites excluding steroid dienone is 2. The van der Waals surface area contributed by atoms with Crippen LogP contribution in [0.1, 0.15) is 112 Å². The van der Waals surface area contributed by atoms with Crippen molar-refractivity contribution in [2.24, 2.45) is 51.2 Å². The Kier molecular flexibility index (Phi) is 6.28. The summed E-state index contributed by atoms with van der Waals surface area (Å²) in [6.07, 6.45) is 12.8. The van der Waals surface area contributed by atoms with E-state index in [2.05, 4.69) is 54.7 Å². The van der Waals surface area contributed by atoms with Crippen LogP contribution in [0.5, 0.6) is 0 Å². The summed E-state index contributed by atoms with van der Waals surface area (Å²) in [6, 6.07) is 0. The van der Waals surface area contributed by atoms with Gasteiger partial charge in [0, 0.05) is 6.42 Å². The Morgan fingerprint density at radius 3 is 2.30 bits per heavy atom. The highest BCUT2D eigenvalue weighted by molar-refractivity contribution is 5.67. The molecule has 1 spiro atoms. The van der Waals surface area contributed by atoms with Crippen LogP contribution in [0.2, 0.25) is 0 Å². The molecule has 4 aliphatic carbocycles. The van der Waals surface area contributed by atoms with Gasteiger partial charge in [-0.15, -0.1) is 0 Å². The van der Waals surface area contributed by atoms with Gasteiger partial charge in [-0.2, -0.15) is 0 Å². The number of carbonyl (C=O) groups is 1. The topological polar surface area (TPSA) is 37.3 Å². The molecule has 0 aromatic rings. The Hall–Kier alpha value is -1.05. The summed E-state index contributed by atoms with van der Waals surface area (Å²) in [7, 11) is 0. The zero-order chi connectivity index (χ0) is 24.4. The summed E-state index contributed by atoms with van der Waals surface area (Å²) < 4.78 is 0. The van der Waals surface area contributed by atoms with Gasteiger partial charge in [-0.05, 0) is 122 Å². The van der Waals surface area contributed by atoms with E-state index in [-0.39, 0.29) is 5.41 Å². The molecular formula is C31H50O2. The van der Waals surface area contributed by atoms with Crippen molar-refractivity contribution in [2.45, 2.75) is 112 Å². The standard InChI is InChI=1S/C31H50O2/c1-20(2)22(5)9-10-23(6)25-13-15-29(8)26-12-11-24(21(3)4)30(16-14-27(32)33)19-31(26,30)18-17-28(25,29)7/h20,23-26H,3,5,9-19H2,1-2,4,6-8H3,(H,32,33)/t23-,24+,25-,26+,28-,29+,30-,31+/m1/s1. The van der Waals surface area contributed by atoms with Crippen molar-refractivity contribution in [3.05, 3.63) is 24.3 Å². The van der Waals surface area contributed by atoms with Crippen molar-refractivity contribution in [3.63, 3.8) is 0 Å². The van der Waals surface area contributed by atoms with Gasteiger partial charge in [0.1, 0.15) is 0 Å². The maximum atomic E-state index is 11.6. The lowest BCUT2D eigenvalue weighted by Gasteiger charge is -2.61.